The molecule has 0 bridgehead atoms. The van der Waals surface area contributed by atoms with E-state index in [0.717, 1.165) is 0 Å². The molecule has 3 N–H and O–H groups in total. The van der Waals surface area contributed by atoms with Crippen LogP contribution in [0.15, 0.2) is 83.8 Å². The minimum absolute atomic E-state index is 0.00973. The van der Waals surface area contributed by atoms with Crippen LogP contribution >= 0.6 is 0 Å². The van der Waals surface area contributed by atoms with Gasteiger partial charge in [0.2, 0.25) is 0 Å². The molecule has 2 amide bonds. The number of carbonyl (C=O) groups excluding carboxylic acids is 2. The summed E-state index contributed by atoms with van der Waals surface area (Å²) in [6.45, 7) is 0. The molecule has 8 heteroatoms. The molecule has 3 aromatic rings. The second-order valence-electron chi connectivity index (χ2n) is 6.20. The van der Waals surface area contributed by atoms with E-state index in [1.54, 1.807) is 42.5 Å². The van der Waals surface area contributed by atoms with Crippen molar-refractivity contribution in [1.82, 2.24) is 10.9 Å². The molecule has 0 atom stereocenters. The third-order valence-electron chi connectivity index (χ3n) is 4.09. The van der Waals surface area contributed by atoms with Crippen LogP contribution in [-0.4, -0.2) is 25.3 Å². The normalized spacial score (nSPS) is 10.9. The lowest BCUT2D eigenvalue weighted by Crippen LogP contribution is -2.41. The van der Waals surface area contributed by atoms with Gasteiger partial charge in [-0.2, -0.15) is 0 Å². The zero-order valence-electron chi connectivity index (χ0n) is 15.2. The molecule has 0 aliphatic carbocycles. The predicted molar refractivity (Wildman–Crippen MR) is 107 cm³/mol. The van der Waals surface area contributed by atoms with Crippen molar-refractivity contribution in [3.63, 3.8) is 0 Å². The first kappa shape index (κ1) is 20.1. The molecule has 29 heavy (non-hydrogen) atoms. The Bertz CT molecular complexity index is 1140. The van der Waals surface area contributed by atoms with Crippen molar-refractivity contribution >= 4 is 21.7 Å². The Morgan fingerprint density at radius 1 is 0.793 bits per heavy atom. The third kappa shape index (κ3) is 4.99. The molecule has 3 aromatic carbocycles. The Morgan fingerprint density at radius 3 is 2.17 bits per heavy atom. The molecule has 0 saturated carbocycles. The van der Waals surface area contributed by atoms with E-state index in [1.165, 1.54) is 36.4 Å². The number of hydrazine groups is 1. The zero-order valence-corrected chi connectivity index (χ0v) is 16.0. The number of amides is 2. The van der Waals surface area contributed by atoms with Gasteiger partial charge in [0, 0.05) is 5.56 Å². The number of aromatic hydroxyl groups is 1. The average molecular weight is 410 g/mol. The highest BCUT2D eigenvalue weighted by Gasteiger charge is 2.17. The Morgan fingerprint density at radius 2 is 1.45 bits per heavy atom. The molecular weight excluding hydrogens is 392 g/mol. The predicted octanol–water partition coefficient (Wildman–Crippen LogP) is 2.44. The molecule has 0 saturated heterocycles. The number of hydrogen-bond acceptors (Lipinski definition) is 5. The van der Waals surface area contributed by atoms with Crippen molar-refractivity contribution in [2.45, 2.75) is 10.6 Å². The maximum Gasteiger partial charge on any atom is 0.273 e. The van der Waals surface area contributed by atoms with Crippen LogP contribution in [0.1, 0.15) is 26.3 Å². The van der Waals surface area contributed by atoms with Crippen LogP contribution < -0.4 is 10.9 Å². The number of nitrogens with one attached hydrogen (secondary N) is 2. The highest BCUT2D eigenvalue weighted by molar-refractivity contribution is 7.90. The molecule has 0 aliphatic rings. The number of benzene rings is 3. The van der Waals surface area contributed by atoms with Crippen LogP contribution in [-0.2, 0) is 15.6 Å². The molecule has 0 spiro atoms. The summed E-state index contributed by atoms with van der Waals surface area (Å²) in [4.78, 5) is 24.6. The van der Waals surface area contributed by atoms with Crippen molar-refractivity contribution in [2.75, 3.05) is 0 Å². The second-order valence-corrected chi connectivity index (χ2v) is 8.19. The van der Waals surface area contributed by atoms with E-state index in [9.17, 15) is 23.1 Å². The summed E-state index contributed by atoms with van der Waals surface area (Å²) < 4.78 is 25.0. The molecular formula is C21H18N2O5S. The van der Waals surface area contributed by atoms with Gasteiger partial charge in [-0.15, -0.1) is 0 Å². The Balaban J connectivity index is 1.68. The first-order chi connectivity index (χ1) is 13.9. The van der Waals surface area contributed by atoms with Crippen LogP contribution in [0.4, 0.5) is 0 Å². The van der Waals surface area contributed by atoms with Gasteiger partial charge < -0.3 is 5.11 Å². The fraction of sp³-hybridized carbons (Fsp3) is 0.0476. The monoisotopic (exact) mass is 410 g/mol. The highest BCUT2D eigenvalue weighted by Crippen LogP contribution is 2.17. The van der Waals surface area contributed by atoms with E-state index in [2.05, 4.69) is 10.9 Å². The smallest absolute Gasteiger partial charge is 0.273 e. The minimum Gasteiger partial charge on any atom is -0.507 e. The minimum atomic E-state index is -3.55. The fourth-order valence-electron chi connectivity index (χ4n) is 2.65. The number of carbonyl (C=O) groups is 2. The molecule has 0 aliphatic heterocycles. The SMILES string of the molecule is O=C(NNC(=O)c1ccccc1O)c1cccc(CS(=O)(=O)c2ccccc2)c1. The molecule has 0 heterocycles. The summed E-state index contributed by atoms with van der Waals surface area (Å²) in [6, 6.07) is 20.1. The maximum absolute atomic E-state index is 12.5. The van der Waals surface area contributed by atoms with Crippen LogP contribution in [0, 0.1) is 0 Å². The molecule has 0 radical (unpaired) electrons. The summed E-state index contributed by atoms with van der Waals surface area (Å²) in [7, 11) is -3.55. The maximum atomic E-state index is 12.5. The van der Waals surface area contributed by atoms with Gasteiger partial charge in [0.15, 0.2) is 9.84 Å². The van der Waals surface area contributed by atoms with Gasteiger partial charge in [0.1, 0.15) is 5.75 Å². The Kier molecular flexibility index (Phi) is 5.94. The van der Waals surface area contributed by atoms with E-state index in [-0.39, 0.29) is 27.5 Å². The Hall–Kier alpha value is -3.65. The number of para-hydroxylation sites is 1. The zero-order chi connectivity index (χ0) is 20.9. The van der Waals surface area contributed by atoms with Gasteiger partial charge in [-0.3, -0.25) is 20.4 Å². The molecule has 148 valence electrons. The van der Waals surface area contributed by atoms with Gasteiger partial charge in [-0.25, -0.2) is 8.42 Å². The van der Waals surface area contributed by atoms with Crippen LogP contribution in [0.5, 0.6) is 5.75 Å². The summed E-state index contributed by atoms with van der Waals surface area (Å²) in [5.41, 5.74) is 5.09. The van der Waals surface area contributed by atoms with E-state index in [1.807, 2.05) is 0 Å². The first-order valence-corrected chi connectivity index (χ1v) is 10.3. The summed E-state index contributed by atoms with van der Waals surface area (Å²) in [5.74, 6) is -1.78. The molecule has 7 nitrogen and oxygen atoms in total. The van der Waals surface area contributed by atoms with E-state index >= 15 is 0 Å². The molecule has 3 rings (SSSR count). The number of rotatable bonds is 5. The van der Waals surface area contributed by atoms with Gasteiger partial charge in [0.05, 0.1) is 16.2 Å². The van der Waals surface area contributed by atoms with Gasteiger partial charge in [-0.05, 0) is 42.0 Å². The lowest BCUT2D eigenvalue weighted by Gasteiger charge is -2.10. The van der Waals surface area contributed by atoms with Crippen molar-refractivity contribution in [2.24, 2.45) is 0 Å². The van der Waals surface area contributed by atoms with E-state index in [0.29, 0.717) is 5.56 Å². The third-order valence-corrected chi connectivity index (χ3v) is 5.79. The fourth-order valence-corrected chi connectivity index (χ4v) is 4.01. The Labute approximate surface area is 167 Å². The quantitative estimate of drug-likeness (QED) is 0.559. The number of hydrogen-bond donors (Lipinski definition) is 3. The van der Waals surface area contributed by atoms with Crippen molar-refractivity contribution in [3.05, 3.63) is 95.6 Å². The average Bonchev–Trinajstić information content (AvgIpc) is 2.72. The lowest BCUT2D eigenvalue weighted by atomic mass is 10.1. The second kappa shape index (κ2) is 8.57. The molecule has 0 unspecified atom stereocenters. The van der Waals surface area contributed by atoms with Crippen molar-refractivity contribution in [1.29, 1.82) is 0 Å². The van der Waals surface area contributed by atoms with Crippen molar-refractivity contribution in [3.8, 4) is 5.75 Å². The number of phenols is 1. The van der Waals surface area contributed by atoms with Crippen LogP contribution in [0.2, 0.25) is 0 Å². The van der Waals surface area contributed by atoms with E-state index in [4.69, 9.17) is 0 Å². The highest BCUT2D eigenvalue weighted by atomic mass is 32.2. The van der Waals surface area contributed by atoms with E-state index < -0.39 is 21.7 Å². The first-order valence-electron chi connectivity index (χ1n) is 8.62. The van der Waals surface area contributed by atoms with Gasteiger partial charge >= 0.3 is 0 Å². The van der Waals surface area contributed by atoms with Gasteiger partial charge in [0.25, 0.3) is 11.8 Å². The molecule has 0 aromatic heterocycles. The summed E-state index contributed by atoms with van der Waals surface area (Å²) in [6.07, 6.45) is 0. The van der Waals surface area contributed by atoms with Crippen molar-refractivity contribution < 1.29 is 23.1 Å². The topological polar surface area (TPSA) is 113 Å². The number of phenolic OH excluding ortho intramolecular Hbond substituents is 1. The number of sulfone groups is 1. The summed E-state index contributed by atoms with van der Waals surface area (Å²) >= 11 is 0. The van der Waals surface area contributed by atoms with Crippen LogP contribution in [0.3, 0.4) is 0 Å². The molecule has 0 fully saturated rings. The standard InChI is InChI=1S/C21H18N2O5S/c24-19-12-5-4-11-18(19)21(26)23-22-20(25)16-8-6-7-15(13-16)14-29(27,28)17-9-2-1-3-10-17/h1-13,24H,14H2,(H,22,25)(H,23,26). The van der Waals surface area contributed by atoms with Crippen LogP contribution in [0.25, 0.3) is 0 Å². The van der Waals surface area contributed by atoms with Gasteiger partial charge in [-0.1, -0.05) is 42.5 Å². The lowest BCUT2D eigenvalue weighted by molar-refractivity contribution is 0.0845. The summed E-state index contributed by atoms with van der Waals surface area (Å²) in [5, 5.41) is 9.67. The largest absolute Gasteiger partial charge is 0.507 e.